The molecule has 0 aromatic heterocycles. The first-order valence-electron chi connectivity index (χ1n) is 10.3. The van der Waals surface area contributed by atoms with Gasteiger partial charge >= 0.3 is 5.97 Å². The van der Waals surface area contributed by atoms with Crippen molar-refractivity contribution in [1.29, 1.82) is 0 Å². The third kappa shape index (κ3) is 5.57. The fraction of sp³-hybridized carbons (Fsp3) is 0.200. The Hall–Kier alpha value is -4.00. The van der Waals surface area contributed by atoms with E-state index in [1.807, 2.05) is 50.3 Å². The zero-order valence-electron chi connectivity index (χ0n) is 18.2. The summed E-state index contributed by atoms with van der Waals surface area (Å²) in [6.45, 7) is 11.9. The first kappa shape index (κ1) is 24.3. The van der Waals surface area contributed by atoms with Gasteiger partial charge in [0.1, 0.15) is 0 Å². The maximum absolute atomic E-state index is 13.0. The first-order chi connectivity index (χ1) is 15.4. The number of carbonyl (C=O) groups excluding carboxylic acids is 4. The van der Waals surface area contributed by atoms with Crippen LogP contribution in [-0.4, -0.2) is 35.3 Å². The highest BCUT2D eigenvalue weighted by Crippen LogP contribution is 2.28. The molecule has 0 atom stereocenters. The van der Waals surface area contributed by atoms with Crippen LogP contribution in [-0.2, 0) is 24.0 Å². The van der Waals surface area contributed by atoms with Crippen molar-refractivity contribution >= 4 is 35.5 Å². The van der Waals surface area contributed by atoms with Crippen LogP contribution in [0.4, 0.5) is 5.69 Å². The number of rotatable bonds is 6. The molecule has 0 unspecified atom stereocenters. The monoisotopic (exact) mass is 434 g/mol. The van der Waals surface area contributed by atoms with Crippen LogP contribution in [0.2, 0.25) is 0 Å². The lowest BCUT2D eigenvalue weighted by atomic mass is 10.0. The number of fused-ring (bicyclic) bond motifs is 1. The van der Waals surface area contributed by atoms with Gasteiger partial charge in [-0.1, -0.05) is 74.6 Å². The van der Waals surface area contributed by atoms with Crippen molar-refractivity contribution < 1.29 is 24.0 Å². The van der Waals surface area contributed by atoms with Crippen molar-refractivity contribution in [3.05, 3.63) is 84.5 Å². The molecular weight excluding hydrogens is 408 g/mol. The van der Waals surface area contributed by atoms with Gasteiger partial charge in [-0.3, -0.25) is 14.4 Å². The van der Waals surface area contributed by atoms with Crippen molar-refractivity contribution in [3.63, 3.8) is 0 Å². The molecule has 7 heteroatoms. The lowest BCUT2D eigenvalue weighted by Crippen LogP contribution is -2.35. The number of allylic oxidation sites excluding steroid dienone is 3. The number of carbonyl (C=O) groups is 4. The van der Waals surface area contributed by atoms with Gasteiger partial charge < -0.3 is 9.74 Å². The molecule has 0 spiro atoms. The summed E-state index contributed by atoms with van der Waals surface area (Å²) < 4.78 is 0. The third-order valence-corrected chi connectivity index (χ3v) is 4.64. The largest absolute Gasteiger partial charge is 0.333 e. The molecule has 0 saturated heterocycles. The highest BCUT2D eigenvalue weighted by atomic mass is 16.7. The second-order valence-electron chi connectivity index (χ2n) is 6.53. The van der Waals surface area contributed by atoms with Crippen molar-refractivity contribution in [3.8, 4) is 0 Å². The summed E-state index contributed by atoms with van der Waals surface area (Å²) in [7, 11) is 0. The van der Waals surface area contributed by atoms with Crippen LogP contribution in [0.1, 0.15) is 32.3 Å². The van der Waals surface area contributed by atoms with E-state index in [1.54, 1.807) is 17.1 Å². The lowest BCUT2D eigenvalue weighted by Gasteiger charge is -2.27. The van der Waals surface area contributed by atoms with E-state index in [0.717, 1.165) is 28.9 Å². The van der Waals surface area contributed by atoms with Gasteiger partial charge in [0.15, 0.2) is 0 Å². The normalized spacial score (nSPS) is 18.1. The van der Waals surface area contributed by atoms with Gasteiger partial charge in [0, 0.05) is 18.6 Å². The van der Waals surface area contributed by atoms with E-state index in [4.69, 9.17) is 4.84 Å². The zero-order valence-corrected chi connectivity index (χ0v) is 18.2. The molecule has 1 aromatic carbocycles. The molecule has 2 aliphatic heterocycles. The minimum Gasteiger partial charge on any atom is -0.330 e. The van der Waals surface area contributed by atoms with Gasteiger partial charge in [-0.05, 0) is 22.8 Å². The fourth-order valence-electron chi connectivity index (χ4n) is 3.08. The molecule has 0 saturated carbocycles. The topological polar surface area (TPSA) is 84.0 Å². The Labute approximate surface area is 187 Å². The standard InChI is InChI=1S/C23H20N2O5.C2H6/c1-3-16-9-10-18-7-5-6-8-19(18)24(15-17(16)4-2)20(26)13-14-23(29)30-25-21(27)11-12-22(25)28;1-2/h3-12H,1-2,13-15H2;1-2H3/b10-9-,17-16-;. The van der Waals surface area contributed by atoms with Crippen molar-refractivity contribution in [2.45, 2.75) is 26.7 Å². The van der Waals surface area contributed by atoms with Gasteiger partial charge in [-0.25, -0.2) is 4.79 Å². The molecule has 0 aliphatic carbocycles. The lowest BCUT2D eigenvalue weighted by molar-refractivity contribution is -0.196. The highest BCUT2D eigenvalue weighted by molar-refractivity contribution is 6.12. The van der Waals surface area contributed by atoms with Crippen LogP contribution >= 0.6 is 0 Å². The second kappa shape index (κ2) is 11.4. The smallest absolute Gasteiger partial charge is 0.330 e. The quantitative estimate of drug-likeness (QED) is 0.634. The van der Waals surface area contributed by atoms with Gasteiger partial charge in [0.25, 0.3) is 11.8 Å². The number of imide groups is 1. The summed E-state index contributed by atoms with van der Waals surface area (Å²) in [6, 6.07) is 7.40. The average molecular weight is 434 g/mol. The van der Waals surface area contributed by atoms with E-state index in [2.05, 4.69) is 13.2 Å². The number of hydrogen-bond acceptors (Lipinski definition) is 5. The molecule has 0 fully saturated rings. The van der Waals surface area contributed by atoms with Crippen molar-refractivity contribution in [2.75, 3.05) is 11.4 Å². The number of hydrogen-bond donors (Lipinski definition) is 0. The van der Waals surface area contributed by atoms with Crippen molar-refractivity contribution in [2.24, 2.45) is 0 Å². The van der Waals surface area contributed by atoms with Gasteiger partial charge in [0.2, 0.25) is 5.91 Å². The van der Waals surface area contributed by atoms with E-state index >= 15 is 0 Å². The SMILES string of the molecule is C=CC1=C(\C=C)CN(C(=O)CCC(=O)ON2C(=O)C=CC2=O)c2ccccc2/C=C\1.CC. The number of nitrogens with zero attached hydrogens (tertiary/aromatic N) is 2. The Kier molecular flexibility index (Phi) is 8.65. The minimum absolute atomic E-state index is 0.158. The number of anilines is 1. The molecular formula is C25H26N2O5. The molecule has 3 rings (SSSR count). The summed E-state index contributed by atoms with van der Waals surface area (Å²) in [5, 5.41) is 0.373. The van der Waals surface area contributed by atoms with Crippen LogP contribution in [0.5, 0.6) is 0 Å². The van der Waals surface area contributed by atoms with Gasteiger partial charge in [0.05, 0.1) is 18.7 Å². The van der Waals surface area contributed by atoms with E-state index < -0.39 is 17.8 Å². The molecule has 32 heavy (non-hydrogen) atoms. The van der Waals surface area contributed by atoms with Crippen LogP contribution in [0.3, 0.4) is 0 Å². The summed E-state index contributed by atoms with van der Waals surface area (Å²) in [5.74, 6) is -2.63. The van der Waals surface area contributed by atoms with Crippen LogP contribution in [0.15, 0.2) is 78.9 Å². The summed E-state index contributed by atoms with van der Waals surface area (Å²) in [5.41, 5.74) is 3.19. The van der Waals surface area contributed by atoms with Crippen LogP contribution < -0.4 is 4.90 Å². The summed E-state index contributed by atoms with van der Waals surface area (Å²) in [4.78, 5) is 54.4. The molecule has 0 N–H and O–H groups in total. The van der Waals surface area contributed by atoms with Gasteiger partial charge in [-0.15, -0.1) is 0 Å². The Balaban J connectivity index is 0.00000176. The molecule has 1 aromatic rings. The molecule has 0 bridgehead atoms. The number of benzene rings is 1. The Bertz CT molecular complexity index is 1010. The maximum atomic E-state index is 13.0. The zero-order chi connectivity index (χ0) is 23.7. The molecule has 2 aliphatic rings. The van der Waals surface area contributed by atoms with E-state index in [9.17, 15) is 19.2 Å². The Morgan fingerprint density at radius 3 is 2.25 bits per heavy atom. The summed E-state index contributed by atoms with van der Waals surface area (Å²) >= 11 is 0. The number of hydroxylamine groups is 2. The number of amides is 3. The maximum Gasteiger partial charge on any atom is 0.333 e. The molecule has 7 nitrogen and oxygen atoms in total. The third-order valence-electron chi connectivity index (χ3n) is 4.64. The second-order valence-corrected chi connectivity index (χ2v) is 6.53. The summed E-state index contributed by atoms with van der Waals surface area (Å²) in [6.07, 6.45) is 8.74. The molecule has 0 radical (unpaired) electrons. The minimum atomic E-state index is -0.847. The fourth-order valence-corrected chi connectivity index (χ4v) is 3.08. The van der Waals surface area contributed by atoms with Crippen LogP contribution in [0.25, 0.3) is 6.08 Å². The van der Waals surface area contributed by atoms with Crippen LogP contribution in [0, 0.1) is 0 Å². The average Bonchev–Trinajstić information content (AvgIpc) is 3.12. The van der Waals surface area contributed by atoms with Gasteiger partial charge in [-0.2, -0.15) is 0 Å². The molecule has 3 amide bonds. The number of para-hydroxylation sites is 1. The van der Waals surface area contributed by atoms with E-state index in [0.29, 0.717) is 10.8 Å². The predicted molar refractivity (Wildman–Crippen MR) is 123 cm³/mol. The first-order valence-corrected chi connectivity index (χ1v) is 10.3. The van der Waals surface area contributed by atoms with Crippen molar-refractivity contribution in [1.82, 2.24) is 5.06 Å². The Morgan fingerprint density at radius 2 is 1.62 bits per heavy atom. The molecule has 166 valence electrons. The van der Waals surface area contributed by atoms with E-state index in [1.165, 1.54) is 0 Å². The van der Waals surface area contributed by atoms with E-state index in [-0.39, 0.29) is 25.3 Å². The molecule has 2 heterocycles. The predicted octanol–water partition coefficient (Wildman–Crippen LogP) is 3.90. The highest BCUT2D eigenvalue weighted by Gasteiger charge is 2.28. The Morgan fingerprint density at radius 1 is 0.969 bits per heavy atom.